The first kappa shape index (κ1) is 11.1. The summed E-state index contributed by atoms with van der Waals surface area (Å²) in [4.78, 5) is 13.2. The molecule has 1 heterocycles. The Morgan fingerprint density at radius 3 is 2.79 bits per heavy atom. The van der Waals surface area contributed by atoms with Crippen molar-refractivity contribution in [2.75, 3.05) is 6.54 Å². The molecule has 0 unspecified atom stereocenters. The predicted molar refractivity (Wildman–Crippen MR) is 56.2 cm³/mol. The molecule has 0 aromatic rings. The zero-order valence-electron chi connectivity index (χ0n) is 9.25. The number of hydrogen-bond donors (Lipinski definition) is 0. The van der Waals surface area contributed by atoms with Gasteiger partial charge in [0.2, 0.25) is 0 Å². The molecule has 1 atom stereocenters. The second-order valence-corrected chi connectivity index (χ2v) is 4.65. The van der Waals surface area contributed by atoms with E-state index in [4.69, 9.17) is 4.74 Å². The summed E-state index contributed by atoms with van der Waals surface area (Å²) in [6.07, 6.45) is 3.66. The average molecular weight is 197 g/mol. The van der Waals surface area contributed by atoms with Crippen LogP contribution >= 0.6 is 0 Å². The van der Waals surface area contributed by atoms with Crippen molar-refractivity contribution in [2.24, 2.45) is 0 Å². The molecule has 1 aliphatic rings. The van der Waals surface area contributed by atoms with Gasteiger partial charge in [0.05, 0.1) is 6.04 Å². The molecule has 0 aromatic heterocycles. The van der Waals surface area contributed by atoms with E-state index in [9.17, 15) is 4.79 Å². The molecule has 0 aromatic carbocycles. The van der Waals surface area contributed by atoms with Crippen molar-refractivity contribution >= 4 is 6.09 Å². The van der Waals surface area contributed by atoms with Gasteiger partial charge in [-0.05, 0) is 33.6 Å². The molecule has 1 rings (SSSR count). The van der Waals surface area contributed by atoms with Gasteiger partial charge in [0.25, 0.3) is 0 Å². The fourth-order valence-electron chi connectivity index (χ4n) is 1.28. The summed E-state index contributed by atoms with van der Waals surface area (Å²) in [5.41, 5.74) is -0.386. The van der Waals surface area contributed by atoms with Crippen LogP contribution in [0.4, 0.5) is 4.79 Å². The van der Waals surface area contributed by atoms with E-state index in [1.807, 2.05) is 26.8 Å². The standard InChI is InChI=1S/C11H19NO2/c1-5-6-7-9-8-12(9)10(13)14-11(2,3)4/h5,9H,1,6-8H2,2-4H3/t9-,12?/m0/s1. The molecule has 0 aliphatic carbocycles. The van der Waals surface area contributed by atoms with Crippen LogP contribution in [0.1, 0.15) is 33.6 Å². The highest BCUT2D eigenvalue weighted by Crippen LogP contribution is 2.25. The molecule has 0 saturated carbocycles. The molecule has 0 spiro atoms. The molecule has 80 valence electrons. The lowest BCUT2D eigenvalue weighted by atomic mass is 10.2. The maximum absolute atomic E-state index is 11.5. The number of hydrogen-bond acceptors (Lipinski definition) is 2. The molecule has 1 amide bonds. The van der Waals surface area contributed by atoms with Crippen LogP contribution < -0.4 is 0 Å². The molecular weight excluding hydrogens is 178 g/mol. The van der Waals surface area contributed by atoms with E-state index in [2.05, 4.69) is 6.58 Å². The molecule has 3 heteroatoms. The molecule has 0 N–H and O–H groups in total. The fraction of sp³-hybridized carbons (Fsp3) is 0.727. The van der Waals surface area contributed by atoms with Crippen LogP contribution in [-0.4, -0.2) is 29.2 Å². The number of rotatable bonds is 3. The molecule has 3 nitrogen and oxygen atoms in total. The quantitative estimate of drug-likeness (QED) is 0.514. The molecule has 0 bridgehead atoms. The van der Waals surface area contributed by atoms with E-state index in [0.29, 0.717) is 6.04 Å². The van der Waals surface area contributed by atoms with Gasteiger partial charge in [0, 0.05) is 6.54 Å². The van der Waals surface area contributed by atoms with Crippen molar-refractivity contribution in [3.05, 3.63) is 12.7 Å². The summed E-state index contributed by atoms with van der Waals surface area (Å²) >= 11 is 0. The lowest BCUT2D eigenvalue weighted by molar-refractivity contribution is 0.0406. The third kappa shape index (κ3) is 3.40. The van der Waals surface area contributed by atoms with Crippen LogP contribution in [0.15, 0.2) is 12.7 Å². The van der Waals surface area contributed by atoms with Crippen LogP contribution in [0.3, 0.4) is 0 Å². The normalized spacial score (nSPS) is 20.5. The van der Waals surface area contributed by atoms with Crippen LogP contribution in [0.2, 0.25) is 0 Å². The second kappa shape index (κ2) is 4.03. The minimum absolute atomic E-state index is 0.188. The third-order valence-electron chi connectivity index (χ3n) is 2.05. The predicted octanol–water partition coefficient (Wildman–Crippen LogP) is 2.57. The summed E-state index contributed by atoms with van der Waals surface area (Å²) in [6, 6.07) is 0.378. The minimum Gasteiger partial charge on any atom is -0.444 e. The number of ether oxygens (including phenoxy) is 1. The summed E-state index contributed by atoms with van der Waals surface area (Å²) in [5.74, 6) is 0. The maximum atomic E-state index is 11.5. The van der Waals surface area contributed by atoms with Crippen molar-refractivity contribution in [2.45, 2.75) is 45.3 Å². The van der Waals surface area contributed by atoms with Gasteiger partial charge < -0.3 is 9.64 Å². The van der Waals surface area contributed by atoms with Gasteiger partial charge in [-0.2, -0.15) is 0 Å². The number of carbonyl (C=O) groups is 1. The highest BCUT2D eigenvalue weighted by Gasteiger charge is 2.40. The highest BCUT2D eigenvalue weighted by molar-refractivity contribution is 5.71. The van der Waals surface area contributed by atoms with Gasteiger partial charge >= 0.3 is 6.09 Å². The Morgan fingerprint density at radius 2 is 2.29 bits per heavy atom. The van der Waals surface area contributed by atoms with E-state index in [-0.39, 0.29) is 11.7 Å². The van der Waals surface area contributed by atoms with Crippen molar-refractivity contribution in [3.8, 4) is 0 Å². The zero-order chi connectivity index (χ0) is 10.8. The zero-order valence-corrected chi connectivity index (χ0v) is 9.25. The van der Waals surface area contributed by atoms with Gasteiger partial charge in [-0.3, -0.25) is 0 Å². The smallest absolute Gasteiger partial charge is 0.410 e. The topological polar surface area (TPSA) is 29.3 Å². The first-order valence-electron chi connectivity index (χ1n) is 5.04. The summed E-state index contributed by atoms with van der Waals surface area (Å²) in [7, 11) is 0. The molecule has 1 fully saturated rings. The molecule has 1 aliphatic heterocycles. The maximum Gasteiger partial charge on any atom is 0.410 e. The van der Waals surface area contributed by atoms with Gasteiger partial charge in [-0.15, -0.1) is 6.58 Å². The minimum atomic E-state index is -0.386. The second-order valence-electron chi connectivity index (χ2n) is 4.65. The molecule has 1 saturated heterocycles. The number of amides is 1. The summed E-state index contributed by atoms with van der Waals surface area (Å²) in [6.45, 7) is 10.1. The third-order valence-corrected chi connectivity index (χ3v) is 2.05. The first-order chi connectivity index (χ1) is 6.44. The van der Waals surface area contributed by atoms with Gasteiger partial charge in [0.15, 0.2) is 0 Å². The van der Waals surface area contributed by atoms with Crippen LogP contribution in [0, 0.1) is 0 Å². The summed E-state index contributed by atoms with van der Waals surface area (Å²) in [5, 5.41) is 0. The average Bonchev–Trinajstić information content (AvgIpc) is 2.76. The van der Waals surface area contributed by atoms with E-state index >= 15 is 0 Å². The fourth-order valence-corrected chi connectivity index (χ4v) is 1.28. The van der Waals surface area contributed by atoms with Crippen LogP contribution in [0.5, 0.6) is 0 Å². The van der Waals surface area contributed by atoms with Crippen LogP contribution in [0.25, 0.3) is 0 Å². The Labute approximate surface area is 85.7 Å². The lowest BCUT2D eigenvalue weighted by Crippen LogP contribution is -2.27. The van der Waals surface area contributed by atoms with Crippen molar-refractivity contribution < 1.29 is 9.53 Å². The Bertz CT molecular complexity index is 230. The van der Waals surface area contributed by atoms with Crippen molar-refractivity contribution in [1.82, 2.24) is 4.90 Å². The molecule has 0 radical (unpaired) electrons. The Kier molecular flexibility index (Phi) is 3.19. The van der Waals surface area contributed by atoms with Crippen molar-refractivity contribution in [1.29, 1.82) is 0 Å². The summed E-state index contributed by atoms with van der Waals surface area (Å²) < 4.78 is 5.23. The Morgan fingerprint density at radius 1 is 1.64 bits per heavy atom. The van der Waals surface area contributed by atoms with E-state index in [0.717, 1.165) is 19.4 Å². The first-order valence-corrected chi connectivity index (χ1v) is 5.04. The van der Waals surface area contributed by atoms with Gasteiger partial charge in [-0.25, -0.2) is 4.79 Å². The largest absolute Gasteiger partial charge is 0.444 e. The Hall–Kier alpha value is -0.990. The van der Waals surface area contributed by atoms with Gasteiger partial charge in [0.1, 0.15) is 5.60 Å². The van der Waals surface area contributed by atoms with E-state index < -0.39 is 0 Å². The van der Waals surface area contributed by atoms with Gasteiger partial charge in [-0.1, -0.05) is 6.08 Å². The van der Waals surface area contributed by atoms with Crippen molar-refractivity contribution in [3.63, 3.8) is 0 Å². The molecular formula is C11H19NO2. The Balaban J connectivity index is 2.25. The van der Waals surface area contributed by atoms with E-state index in [1.165, 1.54) is 0 Å². The highest BCUT2D eigenvalue weighted by atomic mass is 16.6. The molecule has 14 heavy (non-hydrogen) atoms. The number of allylic oxidation sites excluding steroid dienone is 1. The van der Waals surface area contributed by atoms with E-state index in [1.54, 1.807) is 4.90 Å². The monoisotopic (exact) mass is 197 g/mol. The SMILES string of the molecule is C=CCC[C@H]1CN1C(=O)OC(C)(C)C. The van der Waals surface area contributed by atoms with Crippen LogP contribution in [-0.2, 0) is 4.74 Å². The number of nitrogens with zero attached hydrogens (tertiary/aromatic N) is 1. The number of carbonyl (C=O) groups excluding carboxylic acids is 1. The lowest BCUT2D eigenvalue weighted by Gasteiger charge is -2.19.